The molecule has 2 aliphatic rings. The summed E-state index contributed by atoms with van der Waals surface area (Å²) in [5.74, 6) is -1.03. The third kappa shape index (κ3) is 5.38. The molecular formula is C20H25ClN2O5. The predicted molar refractivity (Wildman–Crippen MR) is 103 cm³/mol. The molecule has 3 rings (SSSR count). The fourth-order valence-electron chi connectivity index (χ4n) is 3.52. The average molecular weight is 409 g/mol. The summed E-state index contributed by atoms with van der Waals surface area (Å²) in [5, 5.41) is 5.60. The second-order valence-corrected chi connectivity index (χ2v) is 7.78. The lowest BCUT2D eigenvalue weighted by atomic mass is 9.96. The van der Waals surface area contributed by atoms with Gasteiger partial charge in [0.15, 0.2) is 6.10 Å². The maximum Gasteiger partial charge on any atom is 0.321 e. The van der Waals surface area contributed by atoms with E-state index in [0.717, 1.165) is 31.2 Å². The van der Waals surface area contributed by atoms with Crippen molar-refractivity contribution in [3.8, 4) is 5.75 Å². The van der Waals surface area contributed by atoms with Crippen LogP contribution in [0.25, 0.3) is 0 Å². The Kier molecular flexibility index (Phi) is 6.78. The van der Waals surface area contributed by atoms with Crippen LogP contribution in [0.4, 0.5) is 4.79 Å². The van der Waals surface area contributed by atoms with Gasteiger partial charge in [0.1, 0.15) is 12.4 Å². The van der Waals surface area contributed by atoms with Gasteiger partial charge in [0.25, 0.3) is 5.91 Å². The Bertz CT molecular complexity index is 748. The van der Waals surface area contributed by atoms with Crippen LogP contribution in [0.15, 0.2) is 18.2 Å². The van der Waals surface area contributed by atoms with Crippen LogP contribution in [0, 0.1) is 5.92 Å². The second-order valence-electron chi connectivity index (χ2n) is 7.34. The largest absolute Gasteiger partial charge is 0.492 e. The summed E-state index contributed by atoms with van der Waals surface area (Å²) in [5.41, 5.74) is 0.824. The molecule has 28 heavy (non-hydrogen) atoms. The third-order valence-electron chi connectivity index (χ3n) is 5.10. The molecule has 8 heteroatoms. The number of fused-ring (bicyclic) bond motifs is 1. The first-order valence-electron chi connectivity index (χ1n) is 9.65. The summed E-state index contributed by atoms with van der Waals surface area (Å²) in [6, 6.07) is 4.78. The van der Waals surface area contributed by atoms with Gasteiger partial charge in [0.05, 0.1) is 5.92 Å². The van der Waals surface area contributed by atoms with Gasteiger partial charge in [-0.3, -0.25) is 14.9 Å². The smallest absolute Gasteiger partial charge is 0.321 e. The zero-order valence-electron chi connectivity index (χ0n) is 15.8. The molecule has 2 atom stereocenters. The highest BCUT2D eigenvalue weighted by atomic mass is 35.5. The summed E-state index contributed by atoms with van der Waals surface area (Å²) in [6.45, 7) is 1.61. The van der Waals surface area contributed by atoms with Crippen LogP contribution in [0.2, 0.25) is 5.02 Å². The van der Waals surface area contributed by atoms with E-state index >= 15 is 0 Å². The number of halogens is 1. The lowest BCUT2D eigenvalue weighted by molar-refractivity contribution is -0.159. The zero-order valence-corrected chi connectivity index (χ0v) is 16.6. The molecule has 0 spiro atoms. The fourth-order valence-corrected chi connectivity index (χ4v) is 3.72. The monoisotopic (exact) mass is 408 g/mol. The highest BCUT2D eigenvalue weighted by Crippen LogP contribution is 2.30. The van der Waals surface area contributed by atoms with E-state index in [1.165, 1.54) is 13.3 Å². The summed E-state index contributed by atoms with van der Waals surface area (Å²) in [4.78, 5) is 36.5. The van der Waals surface area contributed by atoms with Crippen LogP contribution in [-0.4, -0.2) is 36.7 Å². The van der Waals surface area contributed by atoms with Crippen molar-refractivity contribution in [2.75, 3.05) is 6.61 Å². The van der Waals surface area contributed by atoms with E-state index in [4.69, 9.17) is 21.1 Å². The topological polar surface area (TPSA) is 93.7 Å². The summed E-state index contributed by atoms with van der Waals surface area (Å²) >= 11 is 5.99. The van der Waals surface area contributed by atoms with Crippen molar-refractivity contribution in [3.05, 3.63) is 28.8 Å². The number of rotatable bonds is 4. The van der Waals surface area contributed by atoms with Gasteiger partial charge < -0.3 is 14.8 Å². The molecule has 1 aromatic carbocycles. The lowest BCUT2D eigenvalue weighted by Crippen LogP contribution is -2.48. The van der Waals surface area contributed by atoms with Crippen molar-refractivity contribution >= 4 is 29.5 Å². The summed E-state index contributed by atoms with van der Waals surface area (Å²) in [6.07, 6.45) is 4.50. The number of esters is 1. The molecule has 0 unspecified atom stereocenters. The van der Waals surface area contributed by atoms with E-state index < -0.39 is 29.9 Å². The van der Waals surface area contributed by atoms with Crippen LogP contribution < -0.4 is 15.4 Å². The minimum atomic E-state index is -1.08. The van der Waals surface area contributed by atoms with E-state index in [-0.39, 0.29) is 12.6 Å². The number of amides is 3. The Morgan fingerprint density at radius 2 is 1.96 bits per heavy atom. The van der Waals surface area contributed by atoms with Crippen molar-refractivity contribution in [1.29, 1.82) is 0 Å². The van der Waals surface area contributed by atoms with Crippen molar-refractivity contribution in [2.24, 2.45) is 5.92 Å². The van der Waals surface area contributed by atoms with Crippen LogP contribution in [0.5, 0.6) is 5.75 Å². The van der Waals surface area contributed by atoms with Gasteiger partial charge in [-0.1, -0.05) is 30.9 Å². The highest BCUT2D eigenvalue weighted by molar-refractivity contribution is 6.30. The molecule has 7 nitrogen and oxygen atoms in total. The Balaban J connectivity index is 1.47. The molecule has 3 amide bonds. The van der Waals surface area contributed by atoms with Gasteiger partial charge >= 0.3 is 12.0 Å². The van der Waals surface area contributed by atoms with E-state index in [1.54, 1.807) is 18.2 Å². The van der Waals surface area contributed by atoms with Crippen molar-refractivity contribution in [3.63, 3.8) is 0 Å². The first kappa shape index (κ1) is 20.5. The first-order chi connectivity index (χ1) is 13.4. The third-order valence-corrected chi connectivity index (χ3v) is 5.34. The van der Waals surface area contributed by atoms with Crippen molar-refractivity contribution in [2.45, 2.75) is 57.6 Å². The number of hydrogen-bond acceptors (Lipinski definition) is 5. The van der Waals surface area contributed by atoms with Crippen molar-refractivity contribution < 1.29 is 23.9 Å². The van der Waals surface area contributed by atoms with Gasteiger partial charge in [-0.05, 0) is 49.9 Å². The number of carbonyl (C=O) groups is 3. The standard InChI is InChI=1S/C20H25ClN2O5/c1-12(18(24)23-20(26)22-16-5-3-2-4-6-16)28-19(25)14-9-13-10-15(21)7-8-17(13)27-11-14/h7-8,10,12,14,16H,2-6,9,11H2,1H3,(H2,22,23,24,26)/t12-,14-/m0/s1. The van der Waals surface area contributed by atoms with Crippen LogP contribution in [-0.2, 0) is 20.7 Å². The first-order valence-corrected chi connectivity index (χ1v) is 10.0. The second kappa shape index (κ2) is 9.28. The Morgan fingerprint density at radius 1 is 1.21 bits per heavy atom. The van der Waals surface area contributed by atoms with E-state index in [9.17, 15) is 14.4 Å². The number of benzene rings is 1. The fraction of sp³-hybridized carbons (Fsp3) is 0.550. The lowest BCUT2D eigenvalue weighted by Gasteiger charge is -2.25. The van der Waals surface area contributed by atoms with Crippen LogP contribution >= 0.6 is 11.6 Å². The zero-order chi connectivity index (χ0) is 20.1. The molecule has 1 fully saturated rings. The minimum absolute atomic E-state index is 0.0886. The molecule has 1 aliphatic carbocycles. The molecule has 1 aromatic rings. The van der Waals surface area contributed by atoms with Gasteiger partial charge in [0, 0.05) is 11.1 Å². The molecule has 0 saturated heterocycles. The average Bonchev–Trinajstić information content (AvgIpc) is 2.67. The van der Waals surface area contributed by atoms with Gasteiger partial charge in [0.2, 0.25) is 0 Å². The Hall–Kier alpha value is -2.28. The number of ether oxygens (including phenoxy) is 2. The molecule has 152 valence electrons. The molecule has 1 heterocycles. The quantitative estimate of drug-likeness (QED) is 0.747. The van der Waals surface area contributed by atoms with E-state index in [0.29, 0.717) is 17.2 Å². The van der Waals surface area contributed by atoms with Gasteiger partial charge in [-0.15, -0.1) is 0 Å². The Morgan fingerprint density at radius 3 is 2.71 bits per heavy atom. The number of imide groups is 1. The van der Waals surface area contributed by atoms with Gasteiger partial charge in [-0.25, -0.2) is 4.79 Å². The Labute approximate surface area is 169 Å². The molecular weight excluding hydrogens is 384 g/mol. The summed E-state index contributed by atoms with van der Waals surface area (Å²) in [7, 11) is 0. The maximum absolute atomic E-state index is 12.4. The summed E-state index contributed by atoms with van der Waals surface area (Å²) < 4.78 is 10.8. The minimum Gasteiger partial charge on any atom is -0.492 e. The molecule has 1 saturated carbocycles. The number of urea groups is 1. The highest BCUT2D eigenvalue weighted by Gasteiger charge is 2.30. The maximum atomic E-state index is 12.4. The normalized spacial score (nSPS) is 20.3. The molecule has 2 N–H and O–H groups in total. The van der Waals surface area contributed by atoms with Crippen LogP contribution in [0.1, 0.15) is 44.6 Å². The van der Waals surface area contributed by atoms with E-state index in [1.807, 2.05) is 0 Å². The SMILES string of the molecule is C[C@H](OC(=O)[C@@H]1COc2ccc(Cl)cc2C1)C(=O)NC(=O)NC1CCCCC1. The van der Waals surface area contributed by atoms with Crippen molar-refractivity contribution in [1.82, 2.24) is 10.6 Å². The number of nitrogens with one attached hydrogen (secondary N) is 2. The molecule has 0 bridgehead atoms. The number of hydrogen-bond donors (Lipinski definition) is 2. The number of carbonyl (C=O) groups excluding carboxylic acids is 3. The van der Waals surface area contributed by atoms with Crippen LogP contribution in [0.3, 0.4) is 0 Å². The van der Waals surface area contributed by atoms with E-state index in [2.05, 4.69) is 10.6 Å². The molecule has 0 aromatic heterocycles. The molecule has 1 aliphatic heterocycles. The van der Waals surface area contributed by atoms with Gasteiger partial charge in [-0.2, -0.15) is 0 Å². The predicted octanol–water partition coefficient (Wildman–Crippen LogP) is 2.98. The molecule has 0 radical (unpaired) electrons.